The van der Waals surface area contributed by atoms with E-state index in [1.807, 2.05) is 0 Å². The Morgan fingerprint density at radius 1 is 0.372 bits per heavy atom. The van der Waals surface area contributed by atoms with Crippen LogP contribution in [0.2, 0.25) is 0 Å². The summed E-state index contributed by atoms with van der Waals surface area (Å²) in [5.41, 5.74) is 17.2. The van der Waals surface area contributed by atoms with E-state index in [0.29, 0.717) is 0 Å². The molecule has 0 spiro atoms. The zero-order valence-electron chi connectivity index (χ0n) is 24.1. The Labute approximate surface area is 249 Å². The average molecular weight is 555 g/mol. The van der Waals surface area contributed by atoms with Crippen LogP contribution in [0.5, 0.6) is 0 Å². The number of nitrogens with zero attached hydrogens (tertiary/aromatic N) is 1. The molecule has 0 fully saturated rings. The molecule has 3 N–H and O–H groups in total. The molecule has 0 atom stereocenters. The van der Waals surface area contributed by atoms with Crippen molar-refractivity contribution >= 4 is 45.3 Å². The second-order valence-electron chi connectivity index (χ2n) is 11.3. The molecule has 7 aromatic rings. The van der Waals surface area contributed by atoms with Gasteiger partial charge in [0.05, 0.1) is 22.4 Å². The van der Waals surface area contributed by atoms with Gasteiger partial charge in [-0.25, -0.2) is 4.98 Å². The van der Waals surface area contributed by atoms with Gasteiger partial charge in [0.2, 0.25) is 0 Å². The number of aromatic amines is 3. The maximum atomic E-state index is 5.30. The number of fused-ring (bicyclic) bond motifs is 9. The van der Waals surface area contributed by atoms with E-state index in [2.05, 4.69) is 156 Å². The SMILES string of the molecule is Cc1ccc(-c2c3nc(c(-c4ccccc4)c4ccc([nH]4)c(-c4ccc(C)cc4)c4ccc([nH]4)c4ccc2[nH]4)C=C3)cc1. The normalized spacial score (nSPS) is 11.9. The Bertz CT molecular complexity index is 2280. The number of nitrogens with one attached hydrogen (secondary N) is 3. The van der Waals surface area contributed by atoms with Gasteiger partial charge < -0.3 is 15.0 Å². The molecule has 1 aliphatic heterocycles. The monoisotopic (exact) mass is 554 g/mol. The number of hydrogen-bond acceptors (Lipinski definition) is 1. The Morgan fingerprint density at radius 2 is 0.744 bits per heavy atom. The molecule has 0 radical (unpaired) electrons. The molecule has 4 nitrogen and oxygen atoms in total. The standard InChI is InChI=1S/C39H30N4/c1-24-8-12-27(13-9-24)38-31-18-16-29(40-31)30-17-19-32(41-30)39(28-14-10-25(2)11-15-28)36-23-21-34(43-36)37(26-6-4-3-5-7-26)33-20-22-35(38)42-33/h3-23,40-42H,1-2H3. The highest BCUT2D eigenvalue weighted by atomic mass is 14.8. The van der Waals surface area contributed by atoms with E-state index in [1.165, 1.54) is 11.1 Å². The highest BCUT2D eigenvalue weighted by Gasteiger charge is 2.16. The first kappa shape index (κ1) is 25.1. The van der Waals surface area contributed by atoms with E-state index in [0.717, 1.165) is 77.9 Å². The molecule has 0 aliphatic carbocycles. The van der Waals surface area contributed by atoms with Crippen LogP contribution in [0.3, 0.4) is 0 Å². The number of H-pyrrole nitrogens is 3. The summed E-state index contributed by atoms with van der Waals surface area (Å²) in [6.45, 7) is 4.24. The van der Waals surface area contributed by atoms with Crippen molar-refractivity contribution in [2.75, 3.05) is 0 Å². The summed E-state index contributed by atoms with van der Waals surface area (Å²) in [4.78, 5) is 16.5. The lowest BCUT2D eigenvalue weighted by Crippen LogP contribution is -1.88. The van der Waals surface area contributed by atoms with E-state index in [-0.39, 0.29) is 0 Å². The van der Waals surface area contributed by atoms with Gasteiger partial charge in [0, 0.05) is 38.8 Å². The topological polar surface area (TPSA) is 60.3 Å². The fraction of sp³-hybridized carbons (Fsp3) is 0.0513. The number of aryl methyl sites for hydroxylation is 2. The van der Waals surface area contributed by atoms with Crippen molar-refractivity contribution < 1.29 is 0 Å². The maximum Gasteiger partial charge on any atom is 0.0737 e. The second kappa shape index (κ2) is 10.0. The summed E-state index contributed by atoms with van der Waals surface area (Å²) in [5.74, 6) is 0. The summed E-state index contributed by atoms with van der Waals surface area (Å²) >= 11 is 0. The summed E-state index contributed by atoms with van der Waals surface area (Å²) < 4.78 is 0. The lowest BCUT2D eigenvalue weighted by Gasteiger charge is -2.06. The Hall–Kier alpha value is -5.61. The van der Waals surface area contributed by atoms with Gasteiger partial charge in [0.15, 0.2) is 0 Å². The molecule has 8 rings (SSSR count). The van der Waals surface area contributed by atoms with E-state index in [9.17, 15) is 0 Å². The van der Waals surface area contributed by atoms with Crippen molar-refractivity contribution in [3.63, 3.8) is 0 Å². The fourth-order valence-corrected chi connectivity index (χ4v) is 6.11. The lowest BCUT2D eigenvalue weighted by atomic mass is 10.0. The molecule has 1 aliphatic rings. The van der Waals surface area contributed by atoms with Crippen molar-refractivity contribution in [1.82, 2.24) is 19.9 Å². The molecule has 0 saturated carbocycles. The van der Waals surface area contributed by atoms with Crippen molar-refractivity contribution in [2.45, 2.75) is 13.8 Å². The van der Waals surface area contributed by atoms with Crippen LogP contribution in [-0.4, -0.2) is 19.9 Å². The molecule has 43 heavy (non-hydrogen) atoms. The van der Waals surface area contributed by atoms with Crippen LogP contribution in [0.15, 0.2) is 115 Å². The van der Waals surface area contributed by atoms with Crippen molar-refractivity contribution in [1.29, 1.82) is 0 Å². The van der Waals surface area contributed by atoms with Crippen LogP contribution >= 0.6 is 0 Å². The van der Waals surface area contributed by atoms with Crippen LogP contribution in [0.1, 0.15) is 22.5 Å². The molecule has 4 heteroatoms. The molecule has 0 saturated heterocycles. The van der Waals surface area contributed by atoms with Gasteiger partial charge in [0.25, 0.3) is 0 Å². The van der Waals surface area contributed by atoms with E-state index in [4.69, 9.17) is 4.98 Å². The minimum atomic E-state index is 0.930. The first-order valence-corrected chi connectivity index (χ1v) is 14.6. The predicted molar refractivity (Wildman–Crippen MR) is 181 cm³/mol. The van der Waals surface area contributed by atoms with Crippen LogP contribution in [-0.2, 0) is 0 Å². The first-order chi connectivity index (χ1) is 21.1. The summed E-state index contributed by atoms with van der Waals surface area (Å²) in [5, 5.41) is 0. The third-order valence-corrected chi connectivity index (χ3v) is 8.32. The van der Waals surface area contributed by atoms with Crippen LogP contribution in [0.4, 0.5) is 0 Å². The predicted octanol–water partition coefficient (Wildman–Crippen LogP) is 10.3. The quantitative estimate of drug-likeness (QED) is 0.200. The van der Waals surface area contributed by atoms with E-state index < -0.39 is 0 Å². The average Bonchev–Trinajstić information content (AvgIpc) is 3.85. The largest absolute Gasteiger partial charge is 0.354 e. The molecule has 5 heterocycles. The van der Waals surface area contributed by atoms with Gasteiger partial charge in [-0.1, -0.05) is 90.0 Å². The van der Waals surface area contributed by atoms with Gasteiger partial charge in [-0.15, -0.1) is 0 Å². The van der Waals surface area contributed by atoms with Crippen molar-refractivity contribution in [2.24, 2.45) is 0 Å². The molecular weight excluding hydrogens is 524 g/mol. The second-order valence-corrected chi connectivity index (χ2v) is 11.3. The first-order valence-electron chi connectivity index (χ1n) is 14.6. The summed E-state index contributed by atoms with van der Waals surface area (Å²) in [7, 11) is 0. The van der Waals surface area contributed by atoms with Gasteiger partial charge in [0.1, 0.15) is 0 Å². The highest BCUT2D eigenvalue weighted by Crippen LogP contribution is 2.36. The van der Waals surface area contributed by atoms with E-state index >= 15 is 0 Å². The molecule has 0 amide bonds. The van der Waals surface area contributed by atoms with Gasteiger partial charge in [-0.3, -0.25) is 0 Å². The zero-order chi connectivity index (χ0) is 28.9. The summed E-state index contributed by atoms with van der Waals surface area (Å²) in [6.07, 6.45) is 4.28. The zero-order valence-corrected chi connectivity index (χ0v) is 24.1. The Morgan fingerprint density at radius 3 is 1.23 bits per heavy atom. The molecule has 8 bridgehead atoms. The van der Waals surface area contributed by atoms with Crippen LogP contribution in [0, 0.1) is 13.8 Å². The third kappa shape index (κ3) is 4.45. The smallest absolute Gasteiger partial charge is 0.0737 e. The lowest BCUT2D eigenvalue weighted by molar-refractivity contribution is 1.32. The summed E-state index contributed by atoms with van der Waals surface area (Å²) in [6, 6.07) is 40.9. The minimum Gasteiger partial charge on any atom is -0.354 e. The van der Waals surface area contributed by atoms with Crippen molar-refractivity contribution in [3.05, 3.63) is 138 Å². The Kier molecular flexibility index (Phi) is 5.86. The molecule has 0 unspecified atom stereocenters. The van der Waals surface area contributed by atoms with Gasteiger partial charge in [-0.2, -0.15) is 0 Å². The molecular formula is C39H30N4. The molecule has 4 aromatic heterocycles. The number of aromatic nitrogens is 4. The fourth-order valence-electron chi connectivity index (χ4n) is 6.11. The minimum absolute atomic E-state index is 0.930. The van der Waals surface area contributed by atoms with Crippen molar-refractivity contribution in [3.8, 4) is 33.4 Å². The third-order valence-electron chi connectivity index (χ3n) is 8.32. The van der Waals surface area contributed by atoms with Crippen LogP contribution in [0.25, 0.3) is 78.6 Å². The van der Waals surface area contributed by atoms with Gasteiger partial charge in [-0.05, 0) is 79.1 Å². The Balaban J connectivity index is 1.55. The maximum absolute atomic E-state index is 5.30. The van der Waals surface area contributed by atoms with Gasteiger partial charge >= 0.3 is 0 Å². The molecule has 206 valence electrons. The van der Waals surface area contributed by atoms with E-state index in [1.54, 1.807) is 0 Å². The number of rotatable bonds is 3. The number of hydrogen-bond donors (Lipinski definition) is 3. The highest BCUT2D eigenvalue weighted by molar-refractivity contribution is 5.99. The number of benzene rings is 3. The van der Waals surface area contributed by atoms with Crippen LogP contribution < -0.4 is 0 Å². The molecule has 3 aromatic carbocycles.